The number of halogens is 3. The zero-order valence-corrected chi connectivity index (χ0v) is 22.6. The number of fused-ring (bicyclic) bond motifs is 1. The fourth-order valence-corrected chi connectivity index (χ4v) is 5.15. The molecule has 4 rings (SSSR count). The van der Waals surface area contributed by atoms with Gasteiger partial charge >= 0.3 is 0 Å². The number of benzene rings is 2. The summed E-state index contributed by atoms with van der Waals surface area (Å²) in [5.41, 5.74) is 11.7. The SMILES string of the molecule is COc1cc(/C=C2/C(C)=C(C#N)c3nc(N)c(C#N)c(C)c32)cc(Br)c1OCc1ccc(Cl)cc1Cl. The van der Waals surface area contributed by atoms with Crippen LogP contribution in [0.5, 0.6) is 11.5 Å². The number of pyridine rings is 1. The van der Waals surface area contributed by atoms with Crippen LogP contribution >= 0.6 is 39.1 Å². The van der Waals surface area contributed by atoms with Gasteiger partial charge in [-0.05, 0) is 82.4 Å². The number of aromatic nitrogens is 1. The number of anilines is 1. The summed E-state index contributed by atoms with van der Waals surface area (Å²) < 4.78 is 12.3. The molecule has 1 aliphatic carbocycles. The Kier molecular flexibility index (Phi) is 7.28. The van der Waals surface area contributed by atoms with Crippen molar-refractivity contribution in [2.75, 3.05) is 12.8 Å². The average molecular weight is 582 g/mol. The second kappa shape index (κ2) is 10.2. The first-order valence-electron chi connectivity index (χ1n) is 10.7. The van der Waals surface area contributed by atoms with Gasteiger partial charge in [-0.1, -0.05) is 29.3 Å². The van der Waals surface area contributed by atoms with Gasteiger partial charge in [0, 0.05) is 21.2 Å². The highest BCUT2D eigenvalue weighted by Gasteiger charge is 2.29. The molecule has 1 aliphatic rings. The summed E-state index contributed by atoms with van der Waals surface area (Å²) in [6.07, 6.45) is 1.93. The molecule has 1 heterocycles. The van der Waals surface area contributed by atoms with Crippen LogP contribution < -0.4 is 15.2 Å². The number of nitriles is 2. The van der Waals surface area contributed by atoms with Crippen LogP contribution in [0.15, 0.2) is 40.4 Å². The van der Waals surface area contributed by atoms with E-state index in [-0.39, 0.29) is 12.4 Å². The van der Waals surface area contributed by atoms with Gasteiger partial charge in [0.15, 0.2) is 11.5 Å². The zero-order chi connectivity index (χ0) is 26.1. The lowest BCUT2D eigenvalue weighted by Crippen LogP contribution is -2.03. The highest BCUT2D eigenvalue weighted by Crippen LogP contribution is 2.45. The zero-order valence-electron chi connectivity index (χ0n) is 19.5. The molecule has 1 aromatic heterocycles. The monoisotopic (exact) mass is 580 g/mol. The molecule has 180 valence electrons. The number of hydrogen-bond donors (Lipinski definition) is 1. The first-order valence-corrected chi connectivity index (χ1v) is 12.2. The van der Waals surface area contributed by atoms with Crippen molar-refractivity contribution in [2.24, 2.45) is 0 Å². The van der Waals surface area contributed by atoms with Crippen LogP contribution in [-0.2, 0) is 6.61 Å². The number of methoxy groups -OCH3 is 1. The number of nitrogens with two attached hydrogens (primary N) is 1. The molecule has 6 nitrogen and oxygen atoms in total. The summed E-state index contributed by atoms with van der Waals surface area (Å²) in [4.78, 5) is 4.37. The highest BCUT2D eigenvalue weighted by molar-refractivity contribution is 9.10. The number of rotatable bonds is 5. The minimum Gasteiger partial charge on any atom is -0.493 e. The molecule has 36 heavy (non-hydrogen) atoms. The van der Waals surface area contributed by atoms with E-state index in [9.17, 15) is 10.5 Å². The number of ether oxygens (including phenoxy) is 2. The smallest absolute Gasteiger partial charge is 0.175 e. The minimum atomic E-state index is 0.113. The number of allylic oxidation sites excluding steroid dienone is 3. The van der Waals surface area contributed by atoms with Crippen molar-refractivity contribution in [3.63, 3.8) is 0 Å². The van der Waals surface area contributed by atoms with Crippen LogP contribution in [0.4, 0.5) is 5.82 Å². The van der Waals surface area contributed by atoms with Crippen molar-refractivity contribution < 1.29 is 9.47 Å². The van der Waals surface area contributed by atoms with E-state index in [1.807, 2.05) is 38.1 Å². The van der Waals surface area contributed by atoms with E-state index in [4.69, 9.17) is 38.4 Å². The van der Waals surface area contributed by atoms with Gasteiger partial charge in [0.1, 0.15) is 24.6 Å². The molecule has 9 heteroatoms. The first kappa shape index (κ1) is 25.6. The predicted molar refractivity (Wildman–Crippen MR) is 146 cm³/mol. The molecule has 0 spiro atoms. The van der Waals surface area contributed by atoms with Crippen LogP contribution in [0, 0.1) is 29.6 Å². The van der Waals surface area contributed by atoms with Crippen molar-refractivity contribution in [1.29, 1.82) is 10.5 Å². The normalized spacial score (nSPS) is 13.4. The molecule has 0 unspecified atom stereocenters. The Morgan fingerprint density at radius 1 is 1.14 bits per heavy atom. The van der Waals surface area contributed by atoms with E-state index in [2.05, 4.69) is 33.1 Å². The lowest BCUT2D eigenvalue weighted by atomic mass is 9.95. The molecule has 0 saturated heterocycles. The highest BCUT2D eigenvalue weighted by atomic mass is 79.9. The quantitative estimate of drug-likeness (QED) is 0.337. The number of hydrogen-bond acceptors (Lipinski definition) is 6. The molecule has 0 aliphatic heterocycles. The van der Waals surface area contributed by atoms with E-state index in [0.29, 0.717) is 48.4 Å². The number of nitrogen functional groups attached to an aromatic ring is 1. The summed E-state index contributed by atoms with van der Waals surface area (Å²) in [5.74, 6) is 1.13. The average Bonchev–Trinajstić information content (AvgIpc) is 3.09. The Balaban J connectivity index is 1.77. The van der Waals surface area contributed by atoms with Crippen molar-refractivity contribution in [1.82, 2.24) is 4.98 Å². The van der Waals surface area contributed by atoms with Gasteiger partial charge in [0.2, 0.25) is 0 Å². The van der Waals surface area contributed by atoms with Crippen LogP contribution in [-0.4, -0.2) is 12.1 Å². The number of nitrogens with zero attached hydrogens (tertiary/aromatic N) is 3. The van der Waals surface area contributed by atoms with E-state index in [1.54, 1.807) is 19.2 Å². The summed E-state index contributed by atoms with van der Waals surface area (Å²) in [7, 11) is 1.56. The van der Waals surface area contributed by atoms with Crippen LogP contribution in [0.1, 0.15) is 40.4 Å². The van der Waals surface area contributed by atoms with Crippen molar-refractivity contribution in [3.05, 3.63) is 83.9 Å². The maximum atomic E-state index is 9.78. The molecular formula is C27H19BrCl2N4O2. The molecule has 2 aromatic carbocycles. The van der Waals surface area contributed by atoms with Crippen molar-refractivity contribution in [3.8, 4) is 23.6 Å². The van der Waals surface area contributed by atoms with E-state index in [1.165, 1.54) is 0 Å². The van der Waals surface area contributed by atoms with Gasteiger partial charge in [0.25, 0.3) is 0 Å². The standard InChI is InChI=1S/C27H19BrCl2N4O2/c1-13-18(24-14(2)20(11-32)27(33)34-25(24)19(13)10-31)6-15-7-21(28)26(23(8-15)35-3)36-12-16-4-5-17(29)9-22(16)30/h4-9H,12H2,1-3H3,(H2,33,34)/b18-6-. The van der Waals surface area contributed by atoms with Gasteiger partial charge in [-0.2, -0.15) is 10.5 Å². The maximum absolute atomic E-state index is 9.78. The first-order chi connectivity index (χ1) is 17.2. The Labute approximate surface area is 227 Å². The molecule has 0 fully saturated rings. The Hall–Kier alpha value is -3.49. The van der Waals surface area contributed by atoms with Gasteiger partial charge in [0.05, 0.1) is 28.4 Å². The Morgan fingerprint density at radius 2 is 1.89 bits per heavy atom. The second-order valence-electron chi connectivity index (χ2n) is 8.06. The molecule has 0 bridgehead atoms. The predicted octanol–water partition coefficient (Wildman–Crippen LogP) is 7.35. The van der Waals surface area contributed by atoms with Gasteiger partial charge in [-0.25, -0.2) is 4.98 Å². The molecule has 0 atom stereocenters. The van der Waals surface area contributed by atoms with E-state index >= 15 is 0 Å². The third-order valence-corrected chi connectivity index (χ3v) is 7.11. The molecule has 2 N–H and O–H groups in total. The molecular weight excluding hydrogens is 563 g/mol. The summed E-state index contributed by atoms with van der Waals surface area (Å²) >= 11 is 15.8. The molecule has 3 aromatic rings. The van der Waals surface area contributed by atoms with Gasteiger partial charge in [-0.3, -0.25) is 0 Å². The van der Waals surface area contributed by atoms with Crippen molar-refractivity contribution in [2.45, 2.75) is 20.5 Å². The third kappa shape index (κ3) is 4.54. The lowest BCUT2D eigenvalue weighted by Gasteiger charge is -2.15. The molecule has 0 amide bonds. The van der Waals surface area contributed by atoms with E-state index < -0.39 is 0 Å². The van der Waals surface area contributed by atoms with Crippen molar-refractivity contribution >= 4 is 62.2 Å². The van der Waals surface area contributed by atoms with Gasteiger partial charge < -0.3 is 15.2 Å². The van der Waals surface area contributed by atoms with E-state index in [0.717, 1.165) is 27.8 Å². The second-order valence-corrected chi connectivity index (χ2v) is 9.76. The largest absolute Gasteiger partial charge is 0.493 e. The lowest BCUT2D eigenvalue weighted by molar-refractivity contribution is 0.282. The van der Waals surface area contributed by atoms with Crippen LogP contribution in [0.2, 0.25) is 10.0 Å². The maximum Gasteiger partial charge on any atom is 0.175 e. The summed E-state index contributed by atoms with van der Waals surface area (Å²) in [5, 5.41) is 20.4. The molecule has 0 radical (unpaired) electrons. The Bertz CT molecular complexity index is 1570. The minimum absolute atomic E-state index is 0.113. The van der Waals surface area contributed by atoms with Crippen LogP contribution in [0.25, 0.3) is 17.2 Å². The topological polar surface area (TPSA) is 105 Å². The van der Waals surface area contributed by atoms with Crippen LogP contribution in [0.3, 0.4) is 0 Å². The Morgan fingerprint density at radius 3 is 2.53 bits per heavy atom. The fraction of sp³-hybridized carbons (Fsp3) is 0.148. The van der Waals surface area contributed by atoms with Gasteiger partial charge in [-0.15, -0.1) is 0 Å². The molecule has 0 saturated carbocycles. The fourth-order valence-electron chi connectivity index (χ4n) is 4.11. The third-order valence-electron chi connectivity index (χ3n) is 5.93. The summed E-state index contributed by atoms with van der Waals surface area (Å²) in [6, 6.07) is 13.3. The summed E-state index contributed by atoms with van der Waals surface area (Å²) in [6.45, 7) is 3.88.